The van der Waals surface area contributed by atoms with Gasteiger partial charge in [0.15, 0.2) is 0 Å². The Bertz CT molecular complexity index is 2100. The van der Waals surface area contributed by atoms with Crippen molar-refractivity contribution < 1.29 is 24.2 Å². The minimum atomic E-state index is 0.163. The Morgan fingerprint density at radius 2 is 1.16 bits per heavy atom. The molecule has 0 fully saturated rings. The summed E-state index contributed by atoms with van der Waals surface area (Å²) in [7, 11) is 0. The fraction of sp³-hybridized carbons (Fsp3) is 0.245. The SMILES string of the molecule is Cc1[c-]c2c(cc1C(C)(C)C)-c1cc(C(C)(C)C)c(C)cc1C2.[C-]1=CC=CC1.[Zr+2]=[C](c1ccc2ccccc2c1)c1ccc2ccccc2c1. The number of hydrogen-bond donors (Lipinski definition) is 0. The van der Waals surface area contributed by atoms with E-state index in [0.717, 1.165) is 12.8 Å². The van der Waals surface area contributed by atoms with Gasteiger partial charge in [-0.05, 0) is 35.4 Å². The van der Waals surface area contributed by atoms with Gasteiger partial charge >= 0.3 is 145 Å². The van der Waals surface area contributed by atoms with Crippen LogP contribution < -0.4 is 0 Å². The molecule has 50 heavy (non-hydrogen) atoms. The van der Waals surface area contributed by atoms with Gasteiger partial charge in [-0.25, -0.2) is 12.2 Å². The van der Waals surface area contributed by atoms with Crippen LogP contribution in [-0.2, 0) is 41.5 Å². The van der Waals surface area contributed by atoms with Crippen LogP contribution in [0.3, 0.4) is 0 Å². The third-order valence-electron chi connectivity index (χ3n) is 9.74. The first-order valence-electron chi connectivity index (χ1n) is 17.8. The Morgan fingerprint density at radius 1 is 0.620 bits per heavy atom. The van der Waals surface area contributed by atoms with Crippen LogP contribution >= 0.6 is 0 Å². The van der Waals surface area contributed by atoms with Gasteiger partial charge in [0.2, 0.25) is 0 Å². The summed E-state index contributed by atoms with van der Waals surface area (Å²) in [4.78, 5) is 0. The van der Waals surface area contributed by atoms with Crippen LogP contribution in [-0.4, -0.2) is 3.21 Å². The summed E-state index contributed by atoms with van der Waals surface area (Å²) in [5, 5.41) is 5.21. The molecule has 6 aromatic rings. The van der Waals surface area contributed by atoms with Gasteiger partial charge in [0, 0.05) is 0 Å². The van der Waals surface area contributed by atoms with Crippen molar-refractivity contribution in [3.63, 3.8) is 0 Å². The monoisotopic (exact) mass is 726 g/mol. The van der Waals surface area contributed by atoms with Gasteiger partial charge in [0.05, 0.1) is 0 Å². The molecule has 0 aromatic heterocycles. The molecular weight excluding hydrogens is 680 g/mol. The molecule has 6 aromatic carbocycles. The molecule has 0 radical (unpaired) electrons. The number of allylic oxidation sites excluding steroid dienone is 4. The summed E-state index contributed by atoms with van der Waals surface area (Å²) >= 11 is 1.44. The fourth-order valence-electron chi connectivity index (χ4n) is 7.22. The zero-order chi connectivity index (χ0) is 35.6. The van der Waals surface area contributed by atoms with E-state index in [2.05, 4.69) is 177 Å². The molecule has 0 saturated carbocycles. The quantitative estimate of drug-likeness (QED) is 0.156. The Hall–Kier alpha value is -3.93. The second-order valence-electron chi connectivity index (χ2n) is 15.7. The summed E-state index contributed by atoms with van der Waals surface area (Å²) in [6.45, 7) is 18.2. The first-order valence-corrected chi connectivity index (χ1v) is 19.0. The summed E-state index contributed by atoms with van der Waals surface area (Å²) in [5.41, 5.74) is 14.3. The van der Waals surface area contributed by atoms with E-state index in [1.165, 1.54) is 105 Å². The van der Waals surface area contributed by atoms with Crippen molar-refractivity contribution in [2.75, 3.05) is 0 Å². The Morgan fingerprint density at radius 3 is 1.64 bits per heavy atom. The van der Waals surface area contributed by atoms with Gasteiger partial charge in [-0.3, -0.25) is 6.08 Å². The minimum absolute atomic E-state index is 0.163. The number of hydrogen-bond acceptors (Lipinski definition) is 0. The molecule has 248 valence electrons. The zero-order valence-corrected chi connectivity index (χ0v) is 33.4. The Kier molecular flexibility index (Phi) is 10.6. The molecule has 0 bridgehead atoms. The summed E-state index contributed by atoms with van der Waals surface area (Å²) in [6.07, 6.45) is 11.0. The van der Waals surface area contributed by atoms with Gasteiger partial charge in [-0.15, -0.1) is 23.1 Å². The van der Waals surface area contributed by atoms with E-state index < -0.39 is 0 Å². The molecule has 0 nitrogen and oxygen atoms in total. The van der Waals surface area contributed by atoms with Crippen LogP contribution in [0.4, 0.5) is 0 Å². The molecule has 1 heteroatoms. The maximum atomic E-state index is 3.69. The first kappa shape index (κ1) is 35.9. The van der Waals surface area contributed by atoms with Crippen LogP contribution in [0, 0.1) is 26.0 Å². The van der Waals surface area contributed by atoms with Crippen LogP contribution in [0.25, 0.3) is 32.7 Å². The molecule has 2 aliphatic carbocycles. The molecule has 0 heterocycles. The summed E-state index contributed by atoms with van der Waals surface area (Å²) in [6, 6.07) is 41.5. The topological polar surface area (TPSA) is 0 Å². The molecule has 0 unspecified atom stereocenters. The van der Waals surface area contributed by atoms with E-state index in [1.54, 1.807) is 0 Å². The number of benzene rings is 6. The van der Waals surface area contributed by atoms with Crippen LogP contribution in [0.1, 0.15) is 92.5 Å². The Balaban J connectivity index is 0.000000152. The van der Waals surface area contributed by atoms with E-state index in [1.807, 2.05) is 12.2 Å². The second-order valence-corrected chi connectivity index (χ2v) is 16.9. The van der Waals surface area contributed by atoms with Crippen molar-refractivity contribution in [1.29, 1.82) is 0 Å². The van der Waals surface area contributed by atoms with Crippen molar-refractivity contribution in [3.05, 3.63) is 178 Å². The maximum absolute atomic E-state index is 3.69. The van der Waals surface area contributed by atoms with Crippen LogP contribution in [0.5, 0.6) is 0 Å². The predicted octanol–water partition coefficient (Wildman–Crippen LogP) is 12.7. The molecule has 0 atom stereocenters. The average Bonchev–Trinajstić information content (AvgIpc) is 3.78. The van der Waals surface area contributed by atoms with E-state index >= 15 is 0 Å². The van der Waals surface area contributed by atoms with Crippen molar-refractivity contribution in [1.82, 2.24) is 0 Å². The number of fused-ring (bicyclic) bond motifs is 5. The average molecular weight is 728 g/mol. The standard InChI is InChI=1S/C23H29.C21H14.C5H5.Zr/c1-14-9-16-11-17-10-15(2)21(23(6,7)8)13-19(17)18(16)12-20(14)22(3,4)5;1-3-7-20-14-16(9-11-18(20)5-1)13-17-10-12-19-6-2-4-8-21(19)15-17;1-2-4-5-3-1;/h9,12-13H,11H2,1-8H3;1-12,14-15H;1-3H,4H2;/q-1;;-1;+2. The third-order valence-corrected chi connectivity index (χ3v) is 11.2. The fourth-order valence-corrected chi connectivity index (χ4v) is 7.98. The first-order chi connectivity index (χ1) is 23.8. The van der Waals surface area contributed by atoms with E-state index in [4.69, 9.17) is 0 Å². The normalized spacial score (nSPS) is 13.0. The molecule has 2 aliphatic rings. The van der Waals surface area contributed by atoms with Crippen molar-refractivity contribution in [2.24, 2.45) is 0 Å². The number of aryl methyl sites for hydroxylation is 2. The third kappa shape index (κ3) is 8.00. The molecule has 0 N–H and O–H groups in total. The summed E-state index contributed by atoms with van der Waals surface area (Å²) in [5.74, 6) is 0. The molecule has 8 rings (SSSR count). The zero-order valence-electron chi connectivity index (χ0n) is 31.0. The van der Waals surface area contributed by atoms with Crippen molar-refractivity contribution in [2.45, 2.75) is 79.1 Å². The Labute approximate surface area is 315 Å². The van der Waals surface area contributed by atoms with E-state index in [9.17, 15) is 0 Å². The molecule has 0 saturated heterocycles. The molecule has 0 spiro atoms. The van der Waals surface area contributed by atoms with Crippen LogP contribution in [0.15, 0.2) is 121 Å². The van der Waals surface area contributed by atoms with Crippen molar-refractivity contribution >= 4 is 24.8 Å². The van der Waals surface area contributed by atoms with Gasteiger partial charge in [0.1, 0.15) is 0 Å². The number of rotatable bonds is 2. The molecular formula is C49H48Zr. The van der Waals surface area contributed by atoms with Gasteiger partial charge in [-0.1, -0.05) is 71.6 Å². The van der Waals surface area contributed by atoms with Gasteiger partial charge in [0.25, 0.3) is 0 Å². The van der Waals surface area contributed by atoms with Gasteiger partial charge in [-0.2, -0.15) is 23.8 Å². The van der Waals surface area contributed by atoms with Gasteiger partial charge < -0.3 is 0 Å². The van der Waals surface area contributed by atoms with Crippen molar-refractivity contribution in [3.8, 4) is 11.1 Å². The second kappa shape index (κ2) is 14.7. The van der Waals surface area contributed by atoms with E-state index in [0.29, 0.717) is 0 Å². The summed E-state index contributed by atoms with van der Waals surface area (Å²) < 4.78 is 1.41. The molecule has 0 amide bonds. The predicted molar refractivity (Wildman–Crippen MR) is 213 cm³/mol. The molecule has 0 aliphatic heterocycles. The van der Waals surface area contributed by atoms with E-state index in [-0.39, 0.29) is 10.8 Å². The van der Waals surface area contributed by atoms with Crippen LogP contribution in [0.2, 0.25) is 0 Å².